The smallest absolute Gasteiger partial charge is 0.273 e. The first-order chi connectivity index (χ1) is 16.1. The maximum atomic E-state index is 12.9. The van der Waals surface area contributed by atoms with Crippen molar-refractivity contribution in [2.45, 2.75) is 12.8 Å². The van der Waals surface area contributed by atoms with Crippen LogP contribution < -0.4 is 15.6 Å². The van der Waals surface area contributed by atoms with Crippen LogP contribution in [0.5, 0.6) is 5.75 Å². The third-order valence-electron chi connectivity index (χ3n) is 5.14. The van der Waals surface area contributed by atoms with Crippen LogP contribution in [-0.4, -0.2) is 28.7 Å². The van der Waals surface area contributed by atoms with E-state index in [1.807, 2.05) is 84.9 Å². The number of hydrazine groups is 1. The highest BCUT2D eigenvalue weighted by Crippen LogP contribution is 2.23. The summed E-state index contributed by atoms with van der Waals surface area (Å²) in [5.74, 6) is 0.0467. The minimum Gasteiger partial charge on any atom is -0.497 e. The molecule has 2 amide bonds. The fourth-order valence-electron chi connectivity index (χ4n) is 3.37. The van der Waals surface area contributed by atoms with Gasteiger partial charge in [-0.05, 0) is 36.2 Å². The number of aromatic nitrogens is 2. The number of hydrogen-bond acceptors (Lipinski definition) is 4. The first kappa shape index (κ1) is 21.8. The van der Waals surface area contributed by atoms with Gasteiger partial charge in [0.05, 0.1) is 18.4 Å². The van der Waals surface area contributed by atoms with Gasteiger partial charge in [-0.2, -0.15) is 5.10 Å². The molecule has 0 aliphatic rings. The van der Waals surface area contributed by atoms with Crippen LogP contribution >= 0.6 is 0 Å². The number of rotatable bonds is 7. The average molecular weight is 441 g/mol. The Balaban J connectivity index is 1.44. The number of nitrogens with zero attached hydrogens (tertiary/aromatic N) is 2. The van der Waals surface area contributed by atoms with E-state index in [4.69, 9.17) is 4.74 Å². The Kier molecular flexibility index (Phi) is 6.80. The van der Waals surface area contributed by atoms with Gasteiger partial charge in [0.15, 0.2) is 0 Å². The van der Waals surface area contributed by atoms with Crippen LogP contribution in [0.2, 0.25) is 0 Å². The van der Waals surface area contributed by atoms with E-state index < -0.39 is 5.91 Å². The maximum absolute atomic E-state index is 12.9. The molecule has 7 heteroatoms. The normalized spacial score (nSPS) is 10.5. The van der Waals surface area contributed by atoms with Crippen LogP contribution in [0.4, 0.5) is 0 Å². The quantitative estimate of drug-likeness (QED) is 0.426. The fraction of sp³-hybridized carbons (Fsp3) is 0.115. The maximum Gasteiger partial charge on any atom is 0.273 e. The summed E-state index contributed by atoms with van der Waals surface area (Å²) in [6, 6.07) is 26.5. The second-order valence-electron chi connectivity index (χ2n) is 7.39. The van der Waals surface area contributed by atoms with E-state index in [2.05, 4.69) is 16.0 Å². The van der Waals surface area contributed by atoms with Gasteiger partial charge >= 0.3 is 0 Å². The molecule has 166 valence electrons. The SMILES string of the molecule is COc1ccc(CCC(=O)NNC(=O)c2cn(-c3ccccc3)nc2-c2ccccc2)cc1. The lowest BCUT2D eigenvalue weighted by Gasteiger charge is -2.08. The Labute approximate surface area is 192 Å². The van der Waals surface area contributed by atoms with Crippen molar-refractivity contribution in [2.24, 2.45) is 0 Å². The number of amides is 2. The number of carbonyl (C=O) groups is 2. The van der Waals surface area contributed by atoms with Crippen molar-refractivity contribution in [3.8, 4) is 22.7 Å². The summed E-state index contributed by atoms with van der Waals surface area (Å²) < 4.78 is 6.80. The third kappa shape index (κ3) is 5.46. The predicted molar refractivity (Wildman–Crippen MR) is 126 cm³/mol. The summed E-state index contributed by atoms with van der Waals surface area (Å²) in [5, 5.41) is 4.62. The summed E-state index contributed by atoms with van der Waals surface area (Å²) >= 11 is 0. The zero-order chi connectivity index (χ0) is 23.0. The second kappa shape index (κ2) is 10.3. The summed E-state index contributed by atoms with van der Waals surface area (Å²) in [6.45, 7) is 0. The lowest BCUT2D eigenvalue weighted by molar-refractivity contribution is -0.121. The first-order valence-electron chi connectivity index (χ1n) is 10.6. The fourth-order valence-corrected chi connectivity index (χ4v) is 3.37. The number of hydrogen-bond donors (Lipinski definition) is 2. The highest BCUT2D eigenvalue weighted by atomic mass is 16.5. The molecule has 4 aromatic rings. The van der Waals surface area contributed by atoms with Crippen molar-refractivity contribution < 1.29 is 14.3 Å². The van der Waals surface area contributed by atoms with E-state index in [9.17, 15) is 9.59 Å². The number of ether oxygens (including phenoxy) is 1. The predicted octanol–water partition coefficient (Wildman–Crippen LogP) is 3.94. The molecule has 0 saturated heterocycles. The van der Waals surface area contributed by atoms with Gasteiger partial charge in [0, 0.05) is 18.2 Å². The molecular formula is C26H24N4O3. The molecular weight excluding hydrogens is 416 g/mol. The van der Waals surface area contributed by atoms with E-state index in [1.165, 1.54) is 0 Å². The molecule has 0 unspecified atom stereocenters. The van der Waals surface area contributed by atoms with E-state index in [1.54, 1.807) is 18.0 Å². The van der Waals surface area contributed by atoms with Crippen LogP contribution in [0.3, 0.4) is 0 Å². The number of benzene rings is 3. The third-order valence-corrected chi connectivity index (χ3v) is 5.14. The molecule has 0 radical (unpaired) electrons. The average Bonchev–Trinajstić information content (AvgIpc) is 3.33. The monoisotopic (exact) mass is 440 g/mol. The van der Waals surface area contributed by atoms with Crippen LogP contribution in [-0.2, 0) is 11.2 Å². The van der Waals surface area contributed by atoms with Crippen LogP contribution in [0.25, 0.3) is 16.9 Å². The van der Waals surface area contributed by atoms with Crippen molar-refractivity contribution in [2.75, 3.05) is 7.11 Å². The Morgan fingerprint density at radius 3 is 2.21 bits per heavy atom. The zero-order valence-electron chi connectivity index (χ0n) is 18.2. The largest absolute Gasteiger partial charge is 0.497 e. The number of aryl methyl sites for hydroxylation is 1. The Morgan fingerprint density at radius 1 is 0.879 bits per heavy atom. The van der Waals surface area contributed by atoms with Gasteiger partial charge in [0.2, 0.25) is 5.91 Å². The number of carbonyl (C=O) groups excluding carboxylic acids is 2. The minimum absolute atomic E-state index is 0.238. The molecule has 4 rings (SSSR count). The van der Waals surface area contributed by atoms with Crippen molar-refractivity contribution in [3.63, 3.8) is 0 Å². The van der Waals surface area contributed by atoms with Crippen molar-refractivity contribution >= 4 is 11.8 Å². The van der Waals surface area contributed by atoms with Gasteiger partial charge in [-0.15, -0.1) is 0 Å². The highest BCUT2D eigenvalue weighted by Gasteiger charge is 2.19. The molecule has 2 N–H and O–H groups in total. The molecule has 33 heavy (non-hydrogen) atoms. The van der Waals surface area contributed by atoms with Crippen molar-refractivity contribution in [3.05, 3.63) is 102 Å². The molecule has 0 spiro atoms. The standard InChI is InChI=1S/C26H24N4O3/c1-33-22-15-12-19(13-16-22)14-17-24(31)27-28-26(32)23-18-30(21-10-6-3-7-11-21)29-25(23)20-8-4-2-5-9-20/h2-13,15-16,18H,14,17H2,1H3,(H,27,31)(H,28,32). The van der Waals surface area contributed by atoms with Gasteiger partial charge in [0.25, 0.3) is 5.91 Å². The van der Waals surface area contributed by atoms with Crippen molar-refractivity contribution in [1.82, 2.24) is 20.6 Å². The van der Waals surface area contributed by atoms with E-state index in [0.29, 0.717) is 17.7 Å². The number of methoxy groups -OCH3 is 1. The molecule has 0 fully saturated rings. The molecule has 0 bridgehead atoms. The zero-order valence-corrected chi connectivity index (χ0v) is 18.2. The van der Waals surface area contributed by atoms with Crippen LogP contribution in [0.15, 0.2) is 91.1 Å². The van der Waals surface area contributed by atoms with E-state index in [-0.39, 0.29) is 12.3 Å². The molecule has 0 aliphatic carbocycles. The lowest BCUT2D eigenvalue weighted by atomic mass is 10.1. The highest BCUT2D eigenvalue weighted by molar-refractivity contribution is 6.00. The Bertz CT molecular complexity index is 1220. The van der Waals surface area contributed by atoms with Gasteiger partial charge in [-0.25, -0.2) is 4.68 Å². The summed E-state index contributed by atoms with van der Waals surface area (Å²) in [4.78, 5) is 25.2. The van der Waals surface area contributed by atoms with Gasteiger partial charge in [-0.3, -0.25) is 20.4 Å². The minimum atomic E-state index is -0.436. The summed E-state index contributed by atoms with van der Waals surface area (Å²) in [6.07, 6.45) is 2.45. The van der Waals surface area contributed by atoms with Crippen molar-refractivity contribution in [1.29, 1.82) is 0 Å². The molecule has 7 nitrogen and oxygen atoms in total. The Morgan fingerprint density at radius 2 is 1.55 bits per heavy atom. The van der Waals surface area contributed by atoms with Gasteiger partial charge < -0.3 is 4.74 Å². The first-order valence-corrected chi connectivity index (χ1v) is 10.6. The van der Waals surface area contributed by atoms with E-state index in [0.717, 1.165) is 22.6 Å². The van der Waals surface area contributed by atoms with Crippen LogP contribution in [0, 0.1) is 0 Å². The van der Waals surface area contributed by atoms with Gasteiger partial charge in [0.1, 0.15) is 11.4 Å². The molecule has 0 aliphatic heterocycles. The topological polar surface area (TPSA) is 85.3 Å². The molecule has 0 atom stereocenters. The van der Waals surface area contributed by atoms with E-state index >= 15 is 0 Å². The molecule has 1 heterocycles. The second-order valence-corrected chi connectivity index (χ2v) is 7.39. The lowest BCUT2D eigenvalue weighted by Crippen LogP contribution is -2.41. The molecule has 3 aromatic carbocycles. The molecule has 1 aromatic heterocycles. The molecule has 0 saturated carbocycles. The number of nitrogens with one attached hydrogen (secondary N) is 2. The van der Waals surface area contributed by atoms with Crippen LogP contribution in [0.1, 0.15) is 22.3 Å². The van der Waals surface area contributed by atoms with Gasteiger partial charge in [-0.1, -0.05) is 60.7 Å². The Hall–Kier alpha value is -4.39. The summed E-state index contributed by atoms with van der Waals surface area (Å²) in [5.41, 5.74) is 8.56. The summed E-state index contributed by atoms with van der Waals surface area (Å²) in [7, 11) is 1.61. The number of para-hydroxylation sites is 1.